The molecule has 1 aliphatic rings. The van der Waals surface area contributed by atoms with Crippen LogP contribution < -0.4 is 18.9 Å². The second-order valence-electron chi connectivity index (χ2n) is 5.03. The molecule has 0 radical (unpaired) electrons. The van der Waals surface area contributed by atoms with Gasteiger partial charge < -0.3 is 33.5 Å². The van der Waals surface area contributed by atoms with Gasteiger partial charge in [0, 0.05) is 23.6 Å². The molecule has 1 heterocycles. The molecule has 10 heteroatoms. The third-order valence-electron chi connectivity index (χ3n) is 3.32. The number of carboxylic acid groups (broad SMARTS) is 1. The number of benzene rings is 1. The van der Waals surface area contributed by atoms with E-state index in [9.17, 15) is 4.79 Å². The zero-order chi connectivity index (χ0) is 18.9. The Kier molecular flexibility index (Phi) is 8.49. The second-order valence-corrected chi connectivity index (χ2v) is 7.25. The number of carbonyl (C=O) groups is 1. The third-order valence-corrected chi connectivity index (χ3v) is 5.63. The fourth-order valence-electron chi connectivity index (χ4n) is 2.17. The SMILES string of the molecule is COc1cc(OCOC2CSC(CSCC(=O)O)O2)cc(OC)c1OC. The van der Waals surface area contributed by atoms with Gasteiger partial charge in [-0.25, -0.2) is 0 Å². The summed E-state index contributed by atoms with van der Waals surface area (Å²) in [5.41, 5.74) is -0.0782. The van der Waals surface area contributed by atoms with Crippen molar-refractivity contribution >= 4 is 29.5 Å². The molecule has 0 aromatic heterocycles. The predicted octanol–water partition coefficient (Wildman–Crippen LogP) is 2.30. The molecule has 2 atom stereocenters. The van der Waals surface area contributed by atoms with Gasteiger partial charge >= 0.3 is 5.97 Å². The molecule has 1 aliphatic heterocycles. The predicted molar refractivity (Wildman–Crippen MR) is 98.8 cm³/mol. The summed E-state index contributed by atoms with van der Waals surface area (Å²) in [5, 5.41) is 8.64. The van der Waals surface area contributed by atoms with Gasteiger partial charge in [-0.1, -0.05) is 0 Å². The van der Waals surface area contributed by atoms with Crippen LogP contribution in [0.1, 0.15) is 0 Å². The molecule has 1 aromatic rings. The molecule has 0 saturated carbocycles. The van der Waals surface area contributed by atoms with Gasteiger partial charge in [0.2, 0.25) is 5.75 Å². The summed E-state index contributed by atoms with van der Waals surface area (Å²) in [5.74, 6) is 2.48. The monoisotopic (exact) mass is 406 g/mol. The van der Waals surface area contributed by atoms with Crippen molar-refractivity contribution in [3.63, 3.8) is 0 Å². The van der Waals surface area contributed by atoms with Crippen molar-refractivity contribution in [2.75, 3.05) is 45.4 Å². The minimum absolute atomic E-state index is 0.00114. The first-order valence-electron chi connectivity index (χ1n) is 7.68. The summed E-state index contributed by atoms with van der Waals surface area (Å²) in [6.07, 6.45) is -0.391. The number of hydrogen-bond acceptors (Lipinski definition) is 9. The Hall–Kier alpha value is -1.49. The van der Waals surface area contributed by atoms with Crippen molar-refractivity contribution in [2.45, 2.75) is 11.7 Å². The van der Waals surface area contributed by atoms with Gasteiger partial charge in [-0.3, -0.25) is 4.79 Å². The van der Waals surface area contributed by atoms with Crippen molar-refractivity contribution in [3.05, 3.63) is 12.1 Å². The van der Waals surface area contributed by atoms with Crippen LogP contribution in [0.5, 0.6) is 23.0 Å². The summed E-state index contributed by atoms with van der Waals surface area (Å²) in [6.45, 7) is -0.00114. The van der Waals surface area contributed by atoms with Crippen LogP contribution in [0.2, 0.25) is 0 Å². The van der Waals surface area contributed by atoms with Crippen LogP contribution in [0.15, 0.2) is 12.1 Å². The van der Waals surface area contributed by atoms with E-state index in [4.69, 9.17) is 33.5 Å². The summed E-state index contributed by atoms with van der Waals surface area (Å²) >= 11 is 2.91. The number of aliphatic carboxylic acids is 1. The van der Waals surface area contributed by atoms with Crippen LogP contribution in [0, 0.1) is 0 Å². The molecule has 0 amide bonds. The Balaban J connectivity index is 1.78. The Bertz CT molecular complexity index is 573. The maximum atomic E-state index is 10.5. The van der Waals surface area contributed by atoms with Crippen molar-refractivity contribution in [1.82, 2.24) is 0 Å². The third kappa shape index (κ3) is 6.04. The highest BCUT2D eigenvalue weighted by atomic mass is 32.2. The van der Waals surface area contributed by atoms with Gasteiger partial charge in [-0.15, -0.1) is 23.5 Å². The van der Waals surface area contributed by atoms with Crippen molar-refractivity contribution in [1.29, 1.82) is 0 Å². The molecule has 146 valence electrons. The number of hydrogen-bond donors (Lipinski definition) is 1. The quantitative estimate of drug-likeness (QED) is 0.552. The Morgan fingerprint density at radius 2 is 1.96 bits per heavy atom. The molecule has 2 rings (SSSR count). The zero-order valence-corrected chi connectivity index (χ0v) is 16.4. The molecule has 0 bridgehead atoms. The minimum Gasteiger partial charge on any atom is -0.493 e. The largest absolute Gasteiger partial charge is 0.493 e. The topological polar surface area (TPSA) is 92.7 Å². The normalized spacial score (nSPS) is 19.2. The molecular weight excluding hydrogens is 384 g/mol. The van der Waals surface area contributed by atoms with E-state index in [1.807, 2.05) is 0 Å². The fourth-order valence-corrected chi connectivity index (χ4v) is 4.16. The Morgan fingerprint density at radius 1 is 1.27 bits per heavy atom. The number of carboxylic acids is 1. The van der Waals surface area contributed by atoms with E-state index in [-0.39, 0.29) is 18.0 Å². The maximum absolute atomic E-state index is 10.5. The van der Waals surface area contributed by atoms with Gasteiger partial charge in [0.05, 0.1) is 27.1 Å². The molecule has 0 spiro atoms. The molecular formula is C16H22O8S2. The van der Waals surface area contributed by atoms with Crippen molar-refractivity contribution in [3.8, 4) is 23.0 Å². The summed E-state index contributed by atoms with van der Waals surface area (Å²) in [6, 6.07) is 3.36. The highest BCUT2D eigenvalue weighted by Gasteiger charge is 2.26. The molecule has 1 aromatic carbocycles. The van der Waals surface area contributed by atoms with E-state index in [1.54, 1.807) is 23.9 Å². The number of thioether (sulfide) groups is 2. The summed E-state index contributed by atoms with van der Waals surface area (Å²) < 4.78 is 32.6. The lowest BCUT2D eigenvalue weighted by molar-refractivity contribution is -0.156. The highest BCUT2D eigenvalue weighted by molar-refractivity contribution is 8.03. The van der Waals surface area contributed by atoms with Crippen LogP contribution in [-0.2, 0) is 14.3 Å². The molecule has 8 nitrogen and oxygen atoms in total. The van der Waals surface area contributed by atoms with E-state index in [0.29, 0.717) is 34.5 Å². The average molecular weight is 406 g/mol. The lowest BCUT2D eigenvalue weighted by Gasteiger charge is -2.16. The lowest BCUT2D eigenvalue weighted by Crippen LogP contribution is -2.20. The van der Waals surface area contributed by atoms with Crippen LogP contribution in [-0.4, -0.2) is 68.2 Å². The van der Waals surface area contributed by atoms with Crippen molar-refractivity contribution in [2.24, 2.45) is 0 Å². The fraction of sp³-hybridized carbons (Fsp3) is 0.562. The Morgan fingerprint density at radius 3 is 2.54 bits per heavy atom. The molecule has 1 saturated heterocycles. The molecule has 1 fully saturated rings. The first-order valence-corrected chi connectivity index (χ1v) is 9.88. The van der Waals surface area contributed by atoms with Gasteiger partial charge in [-0.05, 0) is 0 Å². The van der Waals surface area contributed by atoms with Gasteiger partial charge in [0.25, 0.3) is 0 Å². The van der Waals surface area contributed by atoms with E-state index < -0.39 is 12.3 Å². The van der Waals surface area contributed by atoms with Gasteiger partial charge in [0.1, 0.15) is 11.2 Å². The van der Waals surface area contributed by atoms with E-state index in [0.717, 1.165) is 0 Å². The minimum atomic E-state index is -0.829. The average Bonchev–Trinajstić information content (AvgIpc) is 3.08. The first kappa shape index (κ1) is 20.8. The zero-order valence-electron chi connectivity index (χ0n) is 14.8. The second kappa shape index (κ2) is 10.6. The highest BCUT2D eigenvalue weighted by Crippen LogP contribution is 2.40. The molecule has 1 N–H and O–H groups in total. The standard InChI is InChI=1S/C16H22O8S2/c1-19-11-4-10(5-12(20-2)16(11)21-3)22-9-23-14-7-26-15(24-14)8-25-6-13(17)18/h4-5,14-15H,6-9H2,1-3H3,(H,17,18). The van der Waals surface area contributed by atoms with Gasteiger partial charge in [-0.2, -0.15) is 0 Å². The molecule has 0 aliphatic carbocycles. The summed E-state index contributed by atoms with van der Waals surface area (Å²) in [7, 11) is 4.59. The van der Waals surface area contributed by atoms with Crippen LogP contribution >= 0.6 is 23.5 Å². The number of methoxy groups -OCH3 is 3. The van der Waals surface area contributed by atoms with E-state index in [2.05, 4.69) is 0 Å². The molecule has 2 unspecified atom stereocenters. The summed E-state index contributed by atoms with van der Waals surface area (Å²) in [4.78, 5) is 10.5. The van der Waals surface area contributed by atoms with E-state index >= 15 is 0 Å². The maximum Gasteiger partial charge on any atom is 0.313 e. The first-order chi connectivity index (χ1) is 12.6. The molecule has 26 heavy (non-hydrogen) atoms. The smallest absolute Gasteiger partial charge is 0.313 e. The number of ether oxygens (including phenoxy) is 6. The lowest BCUT2D eigenvalue weighted by atomic mass is 10.2. The number of rotatable bonds is 11. The van der Waals surface area contributed by atoms with Crippen molar-refractivity contribution < 1.29 is 38.3 Å². The van der Waals surface area contributed by atoms with Crippen LogP contribution in [0.4, 0.5) is 0 Å². The van der Waals surface area contributed by atoms with Crippen LogP contribution in [0.3, 0.4) is 0 Å². The van der Waals surface area contributed by atoms with E-state index in [1.165, 1.54) is 33.1 Å². The Labute approximate surface area is 160 Å². The van der Waals surface area contributed by atoms with Gasteiger partial charge in [0.15, 0.2) is 24.6 Å². The van der Waals surface area contributed by atoms with Crippen LogP contribution in [0.25, 0.3) is 0 Å².